The van der Waals surface area contributed by atoms with Crippen LogP contribution in [0.25, 0.3) is 0 Å². The van der Waals surface area contributed by atoms with E-state index in [0.29, 0.717) is 0 Å². The van der Waals surface area contributed by atoms with Crippen molar-refractivity contribution in [3.63, 3.8) is 0 Å². The first-order valence-electron chi connectivity index (χ1n) is 2.26. The molecule has 1 aromatic carbocycles. The summed E-state index contributed by atoms with van der Waals surface area (Å²) < 4.78 is 1.45. The summed E-state index contributed by atoms with van der Waals surface area (Å²) in [6, 6.07) is 10.5. The third kappa shape index (κ3) is 2.78. The van der Waals surface area contributed by atoms with E-state index in [1.165, 1.54) is 22.5 Å². The zero-order valence-electron chi connectivity index (χ0n) is 4.47. The Morgan fingerprint density at radius 1 is 1.00 bits per heavy atom. The van der Waals surface area contributed by atoms with Crippen molar-refractivity contribution in [2.24, 2.45) is 0 Å². The van der Waals surface area contributed by atoms with Crippen molar-refractivity contribution in [1.82, 2.24) is 0 Å². The molecule has 0 saturated heterocycles. The van der Waals surface area contributed by atoms with Gasteiger partial charge < -0.3 is 24.0 Å². The third-order valence-electron chi connectivity index (χ3n) is 0.843. The molecule has 0 nitrogen and oxygen atoms in total. The summed E-state index contributed by atoms with van der Waals surface area (Å²) in [6.45, 7) is 0. The molecule has 0 saturated carbocycles. The van der Waals surface area contributed by atoms with Gasteiger partial charge in [0.1, 0.15) is 0 Å². The molecule has 0 amide bonds. The van der Waals surface area contributed by atoms with Crippen LogP contribution in [0.1, 0.15) is 0 Å². The van der Waals surface area contributed by atoms with E-state index in [2.05, 4.69) is 24.3 Å². The normalized spacial score (nSPS) is 7.75. The van der Waals surface area contributed by atoms with Crippen molar-refractivity contribution in [1.29, 1.82) is 0 Å². The summed E-state index contributed by atoms with van der Waals surface area (Å²) in [5.74, 6) is 0. The fraction of sp³-hybridized carbons (Fsp3) is 0. The first-order valence-corrected chi connectivity index (χ1v) is 3.75. The summed E-state index contributed by atoms with van der Waals surface area (Å²) in [5, 5.41) is 0. The number of rotatable bonds is 0. The fourth-order valence-corrected chi connectivity index (χ4v) is 1.05. The van der Waals surface area contributed by atoms with Gasteiger partial charge in [-0.05, 0) is 0 Å². The van der Waals surface area contributed by atoms with Crippen LogP contribution in [-0.4, -0.2) is 0 Å². The summed E-state index contributed by atoms with van der Waals surface area (Å²) in [5.41, 5.74) is 0. The summed E-state index contributed by atoms with van der Waals surface area (Å²) >= 11 is 1.26. The number of benzene rings is 1. The average Bonchev–Trinajstić information content (AvgIpc) is 1.69. The van der Waals surface area contributed by atoms with Gasteiger partial charge in [0.25, 0.3) is 0 Å². The summed E-state index contributed by atoms with van der Waals surface area (Å²) in [7, 11) is 0. The Kier molecular flexibility index (Phi) is 4.77. The first-order chi connectivity index (χ1) is 3.39. The summed E-state index contributed by atoms with van der Waals surface area (Å²) in [6.07, 6.45) is 0. The van der Waals surface area contributed by atoms with Gasteiger partial charge in [-0.15, -0.1) is 0 Å². The van der Waals surface area contributed by atoms with Crippen LogP contribution in [0.4, 0.5) is 0 Å². The minimum atomic E-state index is 0. The van der Waals surface area contributed by atoms with Crippen LogP contribution in [-0.2, 0) is 18.3 Å². The molecule has 2 heteroatoms. The van der Waals surface area contributed by atoms with Crippen molar-refractivity contribution in [3.05, 3.63) is 30.3 Å². The van der Waals surface area contributed by atoms with Crippen LogP contribution in [0, 0.1) is 0 Å². The molecule has 0 unspecified atom stereocenters. The van der Waals surface area contributed by atoms with Gasteiger partial charge in [0.2, 0.25) is 0 Å². The molecular formula is C6H5IZn. The van der Waals surface area contributed by atoms with Crippen molar-refractivity contribution in [2.45, 2.75) is 0 Å². The first kappa shape index (κ1) is 8.57. The minimum absolute atomic E-state index is 0. The molecule has 0 aliphatic heterocycles. The monoisotopic (exact) mass is 268 g/mol. The quantitative estimate of drug-likeness (QED) is 0.373. The van der Waals surface area contributed by atoms with E-state index >= 15 is 0 Å². The van der Waals surface area contributed by atoms with E-state index in [1.54, 1.807) is 0 Å². The third-order valence-corrected chi connectivity index (χ3v) is 1.83. The molecule has 0 spiro atoms. The van der Waals surface area contributed by atoms with Crippen LogP contribution in [0.3, 0.4) is 0 Å². The van der Waals surface area contributed by atoms with Crippen molar-refractivity contribution >= 4 is 4.16 Å². The predicted molar refractivity (Wildman–Crippen MR) is 26.1 cm³/mol. The van der Waals surface area contributed by atoms with Crippen LogP contribution in [0.5, 0.6) is 0 Å². The molecular weight excluding hydrogens is 264 g/mol. The van der Waals surface area contributed by atoms with Gasteiger partial charge in [-0.2, -0.15) is 0 Å². The second kappa shape index (κ2) is 4.45. The fourth-order valence-electron chi connectivity index (χ4n) is 0.478. The van der Waals surface area contributed by atoms with Crippen molar-refractivity contribution in [3.8, 4) is 0 Å². The molecule has 0 aromatic heterocycles. The molecule has 0 aliphatic rings. The van der Waals surface area contributed by atoms with E-state index in [0.717, 1.165) is 0 Å². The zero-order chi connectivity index (χ0) is 5.11. The van der Waals surface area contributed by atoms with Gasteiger partial charge in [-0.1, -0.05) is 0 Å². The van der Waals surface area contributed by atoms with Crippen LogP contribution >= 0.6 is 0 Å². The maximum atomic E-state index is 2.14. The van der Waals surface area contributed by atoms with E-state index in [9.17, 15) is 0 Å². The van der Waals surface area contributed by atoms with Gasteiger partial charge in [0.05, 0.1) is 0 Å². The number of hydrogen-bond acceptors (Lipinski definition) is 0. The molecule has 0 heterocycles. The number of hydrogen-bond donors (Lipinski definition) is 0. The molecule has 0 fully saturated rings. The predicted octanol–water partition coefficient (Wildman–Crippen LogP) is -2.14. The van der Waals surface area contributed by atoms with Crippen molar-refractivity contribution in [2.75, 3.05) is 0 Å². The topological polar surface area (TPSA) is 0 Å². The summed E-state index contributed by atoms with van der Waals surface area (Å²) in [4.78, 5) is 0. The zero-order valence-corrected chi connectivity index (χ0v) is 9.60. The standard InChI is InChI=1S/C6H5.HI.Zn/c1-2-4-6-5-3-1;;/h1-5H;1H;/q;;+1/p-1. The Balaban J connectivity index is 0.000000490. The van der Waals surface area contributed by atoms with Gasteiger partial charge in [0.15, 0.2) is 0 Å². The molecule has 0 bridgehead atoms. The van der Waals surface area contributed by atoms with E-state index in [-0.39, 0.29) is 24.0 Å². The second-order valence-corrected chi connectivity index (χ2v) is 3.20. The number of halogens is 1. The van der Waals surface area contributed by atoms with Gasteiger partial charge in [-0.25, -0.2) is 0 Å². The Morgan fingerprint density at radius 2 is 1.50 bits per heavy atom. The van der Waals surface area contributed by atoms with Gasteiger partial charge in [0, 0.05) is 0 Å². The Hall–Kier alpha value is 0.573. The second-order valence-electron chi connectivity index (χ2n) is 1.49. The Labute approximate surface area is 76.4 Å². The molecule has 0 N–H and O–H groups in total. The van der Waals surface area contributed by atoms with Crippen molar-refractivity contribution < 1.29 is 42.3 Å². The van der Waals surface area contributed by atoms with Gasteiger partial charge in [-0.3, -0.25) is 0 Å². The SMILES string of the molecule is [I-].[Zn+][c]1ccccc1. The molecule has 0 atom stereocenters. The molecule has 0 aliphatic carbocycles. The van der Waals surface area contributed by atoms with E-state index < -0.39 is 0 Å². The van der Waals surface area contributed by atoms with E-state index in [4.69, 9.17) is 0 Å². The molecule has 1 rings (SSSR count). The Morgan fingerprint density at radius 3 is 1.75 bits per heavy atom. The molecule has 0 radical (unpaired) electrons. The molecule has 1 aromatic rings. The van der Waals surface area contributed by atoms with Gasteiger partial charge >= 0.3 is 52.8 Å². The Bertz CT molecular complexity index is 138. The van der Waals surface area contributed by atoms with Crippen LogP contribution in [0.15, 0.2) is 30.3 Å². The van der Waals surface area contributed by atoms with Crippen LogP contribution < -0.4 is 28.1 Å². The molecule has 8 heavy (non-hydrogen) atoms. The van der Waals surface area contributed by atoms with Crippen LogP contribution in [0.2, 0.25) is 0 Å². The maximum absolute atomic E-state index is 2.14. The van der Waals surface area contributed by atoms with E-state index in [1.807, 2.05) is 6.07 Å². The average molecular weight is 269 g/mol. The molecule has 38 valence electrons.